The van der Waals surface area contributed by atoms with E-state index in [0.29, 0.717) is 4.73 Å². The minimum atomic E-state index is -5.21. The number of hydrogen-bond acceptors (Lipinski definition) is 8. The van der Waals surface area contributed by atoms with Crippen molar-refractivity contribution in [2.24, 2.45) is 5.92 Å². The molecule has 2 aromatic rings. The molecule has 0 fully saturated rings. The van der Waals surface area contributed by atoms with Crippen LogP contribution in [0, 0.1) is 5.92 Å². The molecule has 0 aliphatic rings. The standard InChI is InChI=1S/C13H16F3N5O4/c1-4-6(2)5-24-11-19-8(17)7-9(20-11)21(12(18-7)23-3)25-10(22)13(14,15)16/h6H,4-5H2,1-3H3,(H2,17,19,20). The molecular weight excluding hydrogens is 347 g/mol. The predicted octanol–water partition coefficient (Wildman–Crippen LogP) is 1.36. The number of nitrogen functional groups attached to an aromatic ring is 1. The number of aromatic nitrogens is 4. The van der Waals surface area contributed by atoms with E-state index in [1.54, 1.807) is 0 Å². The van der Waals surface area contributed by atoms with E-state index in [1.165, 1.54) is 0 Å². The molecule has 0 spiro atoms. The number of alkyl halides is 3. The molecule has 0 amide bonds. The number of carbonyl (C=O) groups excluding carboxylic acids is 1. The van der Waals surface area contributed by atoms with Gasteiger partial charge in [0.05, 0.1) is 13.7 Å². The maximum absolute atomic E-state index is 12.5. The van der Waals surface area contributed by atoms with Crippen LogP contribution in [0.25, 0.3) is 11.2 Å². The Hall–Kier alpha value is -2.79. The van der Waals surface area contributed by atoms with Gasteiger partial charge in [0.2, 0.25) is 5.65 Å². The zero-order valence-electron chi connectivity index (χ0n) is 13.6. The third-order valence-electron chi connectivity index (χ3n) is 3.23. The average Bonchev–Trinajstić information content (AvgIpc) is 2.90. The van der Waals surface area contributed by atoms with E-state index in [2.05, 4.69) is 19.8 Å². The molecule has 9 nitrogen and oxygen atoms in total. The first kappa shape index (κ1) is 18.5. The molecule has 25 heavy (non-hydrogen) atoms. The van der Waals surface area contributed by atoms with Gasteiger partial charge in [0.1, 0.15) is 0 Å². The predicted molar refractivity (Wildman–Crippen MR) is 78.9 cm³/mol. The van der Waals surface area contributed by atoms with Crippen LogP contribution in [0.5, 0.6) is 12.0 Å². The summed E-state index contributed by atoms with van der Waals surface area (Å²) in [6, 6.07) is -0.634. The van der Waals surface area contributed by atoms with Gasteiger partial charge in [0.25, 0.3) is 0 Å². The van der Waals surface area contributed by atoms with Crippen LogP contribution >= 0.6 is 0 Å². The van der Waals surface area contributed by atoms with Crippen LogP contribution in [0.15, 0.2) is 0 Å². The van der Waals surface area contributed by atoms with E-state index >= 15 is 0 Å². The number of carbonyl (C=O) groups is 1. The second-order valence-electron chi connectivity index (χ2n) is 5.16. The van der Waals surface area contributed by atoms with Gasteiger partial charge in [-0.15, -0.1) is 0 Å². The van der Waals surface area contributed by atoms with Gasteiger partial charge in [-0.2, -0.15) is 28.1 Å². The van der Waals surface area contributed by atoms with Gasteiger partial charge in [0, 0.05) is 0 Å². The normalized spacial score (nSPS) is 12.9. The number of halogens is 3. The maximum atomic E-state index is 12.5. The van der Waals surface area contributed by atoms with Gasteiger partial charge < -0.3 is 20.0 Å². The van der Waals surface area contributed by atoms with Gasteiger partial charge in [-0.05, 0) is 5.92 Å². The Kier molecular flexibility index (Phi) is 5.18. The number of anilines is 1. The molecule has 0 bridgehead atoms. The first-order valence-corrected chi connectivity index (χ1v) is 7.19. The quantitative estimate of drug-likeness (QED) is 0.818. The number of nitrogens with zero attached hydrogens (tertiary/aromatic N) is 4. The molecule has 0 aliphatic carbocycles. The average molecular weight is 363 g/mol. The zero-order valence-corrected chi connectivity index (χ0v) is 13.6. The molecule has 0 aromatic carbocycles. The van der Waals surface area contributed by atoms with Crippen molar-refractivity contribution < 1.29 is 32.3 Å². The fourth-order valence-corrected chi connectivity index (χ4v) is 1.66. The summed E-state index contributed by atoms with van der Waals surface area (Å²) < 4.78 is 47.9. The van der Waals surface area contributed by atoms with Gasteiger partial charge in [-0.1, -0.05) is 25.0 Å². The first-order valence-electron chi connectivity index (χ1n) is 7.19. The summed E-state index contributed by atoms with van der Waals surface area (Å²) in [4.78, 5) is 27.0. The molecule has 0 radical (unpaired) electrons. The summed E-state index contributed by atoms with van der Waals surface area (Å²) in [5.41, 5.74) is 5.34. The number of fused-ring (bicyclic) bond motifs is 1. The highest BCUT2D eigenvalue weighted by atomic mass is 19.4. The van der Waals surface area contributed by atoms with E-state index in [9.17, 15) is 18.0 Å². The molecule has 2 heterocycles. The molecule has 12 heteroatoms. The number of imidazole rings is 1. The lowest BCUT2D eigenvalue weighted by Gasteiger charge is -2.11. The molecule has 2 N–H and O–H groups in total. The van der Waals surface area contributed by atoms with Crippen molar-refractivity contribution in [1.82, 2.24) is 19.7 Å². The van der Waals surface area contributed by atoms with Crippen LogP contribution in [-0.4, -0.2) is 45.5 Å². The highest BCUT2D eigenvalue weighted by Crippen LogP contribution is 2.25. The lowest BCUT2D eigenvalue weighted by atomic mass is 10.1. The van der Waals surface area contributed by atoms with Crippen LogP contribution in [0.4, 0.5) is 19.0 Å². The van der Waals surface area contributed by atoms with Crippen molar-refractivity contribution in [2.75, 3.05) is 19.5 Å². The lowest BCUT2D eigenvalue weighted by Crippen LogP contribution is -2.33. The second kappa shape index (κ2) is 6.99. The minimum Gasteiger partial charge on any atom is -0.466 e. The number of nitrogens with two attached hydrogens (primary N) is 1. The Morgan fingerprint density at radius 3 is 2.56 bits per heavy atom. The molecule has 0 aliphatic heterocycles. The lowest BCUT2D eigenvalue weighted by molar-refractivity contribution is -0.199. The van der Waals surface area contributed by atoms with Crippen LogP contribution in [0.1, 0.15) is 20.3 Å². The van der Waals surface area contributed by atoms with Crippen molar-refractivity contribution in [3.05, 3.63) is 0 Å². The van der Waals surface area contributed by atoms with Crippen molar-refractivity contribution in [1.29, 1.82) is 0 Å². The molecule has 2 rings (SSSR count). The molecule has 1 atom stereocenters. The van der Waals surface area contributed by atoms with Crippen molar-refractivity contribution >= 4 is 23.0 Å². The fraction of sp³-hybridized carbons (Fsp3) is 0.538. The third-order valence-corrected chi connectivity index (χ3v) is 3.23. The van der Waals surface area contributed by atoms with E-state index in [1.807, 2.05) is 13.8 Å². The van der Waals surface area contributed by atoms with Crippen LogP contribution in [0.2, 0.25) is 0 Å². The smallest absolute Gasteiger partial charge is 0.466 e. The topological polar surface area (TPSA) is 114 Å². The Morgan fingerprint density at radius 1 is 1.32 bits per heavy atom. The van der Waals surface area contributed by atoms with E-state index < -0.39 is 18.2 Å². The summed E-state index contributed by atoms with van der Waals surface area (Å²) in [5, 5.41) is 0. The molecule has 1 unspecified atom stereocenters. The summed E-state index contributed by atoms with van der Waals surface area (Å²) in [5.74, 6) is -2.43. The summed E-state index contributed by atoms with van der Waals surface area (Å²) in [6.07, 6.45) is -4.37. The van der Waals surface area contributed by atoms with Gasteiger partial charge in [-0.3, -0.25) is 0 Å². The molecule has 0 saturated heterocycles. The molecule has 0 saturated carbocycles. The Labute approximate surface area is 139 Å². The van der Waals surface area contributed by atoms with Crippen molar-refractivity contribution in [3.63, 3.8) is 0 Å². The van der Waals surface area contributed by atoms with Crippen LogP contribution < -0.4 is 20.0 Å². The SMILES string of the molecule is CCC(C)COc1nc(N)c2nc(OC)n(OC(=O)C(F)(F)F)c2n1. The first-order chi connectivity index (χ1) is 11.7. The Morgan fingerprint density at radius 2 is 2.00 bits per heavy atom. The van der Waals surface area contributed by atoms with Crippen LogP contribution in [-0.2, 0) is 4.79 Å². The summed E-state index contributed by atoms with van der Waals surface area (Å²) in [6.45, 7) is 4.16. The second-order valence-corrected chi connectivity index (χ2v) is 5.16. The number of hydrogen-bond donors (Lipinski definition) is 1. The monoisotopic (exact) mass is 363 g/mol. The third kappa shape index (κ3) is 4.00. The molecular formula is C13H16F3N5O4. The maximum Gasteiger partial charge on any atom is 0.493 e. The minimum absolute atomic E-state index is 0.0947. The highest BCUT2D eigenvalue weighted by Gasteiger charge is 2.43. The van der Waals surface area contributed by atoms with Crippen molar-refractivity contribution in [3.8, 4) is 12.0 Å². The van der Waals surface area contributed by atoms with Gasteiger partial charge in [0.15, 0.2) is 11.3 Å². The molecule has 2 aromatic heterocycles. The summed E-state index contributed by atoms with van der Waals surface area (Å²) >= 11 is 0. The number of ether oxygens (including phenoxy) is 2. The van der Waals surface area contributed by atoms with Crippen LogP contribution in [0.3, 0.4) is 0 Å². The Balaban J connectivity index is 2.44. The van der Waals surface area contributed by atoms with E-state index in [-0.39, 0.29) is 35.5 Å². The fourth-order valence-electron chi connectivity index (χ4n) is 1.66. The summed E-state index contributed by atoms with van der Waals surface area (Å²) in [7, 11) is 1.13. The highest BCUT2D eigenvalue weighted by molar-refractivity contribution is 5.84. The van der Waals surface area contributed by atoms with Crippen molar-refractivity contribution in [2.45, 2.75) is 26.4 Å². The number of rotatable bonds is 6. The Bertz CT molecular complexity index is 777. The van der Waals surface area contributed by atoms with E-state index in [4.69, 9.17) is 15.2 Å². The van der Waals surface area contributed by atoms with E-state index in [0.717, 1.165) is 13.5 Å². The van der Waals surface area contributed by atoms with Gasteiger partial charge >= 0.3 is 24.2 Å². The van der Waals surface area contributed by atoms with Gasteiger partial charge in [-0.25, -0.2) is 4.79 Å². The zero-order chi connectivity index (χ0) is 18.8. The number of methoxy groups -OCH3 is 1. The largest absolute Gasteiger partial charge is 0.493 e. The molecule has 138 valence electrons.